The van der Waals surface area contributed by atoms with Gasteiger partial charge in [0.05, 0.1) is 51.2 Å². The maximum atomic E-state index is 13.7. The topological polar surface area (TPSA) is 319 Å². The molecule has 3 aliphatic carbocycles. The molecule has 3 heterocycles. The van der Waals surface area contributed by atoms with Crippen molar-refractivity contribution in [2.45, 2.75) is 284 Å². The minimum Gasteiger partial charge on any atom is -0.493 e. The summed E-state index contributed by atoms with van der Waals surface area (Å²) in [6, 6.07) is 63.1. The molecular weight excluding hydrogens is 1740 g/mol. The number of nitrogens with one attached hydrogen (secondary N) is 1. The molecule has 2 bridgehead atoms. The number of hydrogen-bond donors (Lipinski definition) is 5. The Kier molecular flexibility index (Phi) is 40.2. The summed E-state index contributed by atoms with van der Waals surface area (Å²) in [5, 5.41) is 35.0. The molecule has 736 valence electrons. The number of carbonyl (C=O) groups excluding carboxylic acids is 4. The van der Waals surface area contributed by atoms with Gasteiger partial charge >= 0.3 is 23.9 Å². The van der Waals surface area contributed by atoms with Gasteiger partial charge in [0, 0.05) is 151 Å². The van der Waals surface area contributed by atoms with Crippen LogP contribution in [0.4, 0.5) is 0 Å². The Labute approximate surface area is 819 Å². The van der Waals surface area contributed by atoms with Crippen LogP contribution in [0.1, 0.15) is 308 Å². The van der Waals surface area contributed by atoms with Crippen LogP contribution in [0.25, 0.3) is 11.3 Å². The van der Waals surface area contributed by atoms with E-state index in [9.17, 15) is 43.2 Å². The molecule has 1 aromatic heterocycles. The molecule has 24 nitrogen and oxygen atoms in total. The molecule has 4 amide bonds. The predicted octanol–water partition coefficient (Wildman–Crippen LogP) is 22.6. The Hall–Kier alpha value is -12.9. The molecule has 5 fully saturated rings. The summed E-state index contributed by atoms with van der Waals surface area (Å²) < 4.78 is 70.4. The lowest BCUT2D eigenvalue weighted by Gasteiger charge is -2.52. The maximum Gasteiger partial charge on any atom is 0.303 e. The Bertz CT molecular complexity index is 5670. The first kappa shape index (κ1) is 101. The van der Waals surface area contributed by atoms with Crippen molar-refractivity contribution in [2.75, 3.05) is 39.6 Å². The van der Waals surface area contributed by atoms with Gasteiger partial charge in [-0.15, -0.1) is 0 Å². The Morgan fingerprint density at radius 1 is 0.391 bits per heavy atom. The summed E-state index contributed by atoms with van der Waals surface area (Å²) in [5.41, 5.74) is 9.86. The number of aliphatic carboxylic acids is 4. The highest BCUT2D eigenvalue weighted by Crippen LogP contribution is 2.57. The Morgan fingerprint density at radius 3 is 1.00 bits per heavy atom. The molecule has 6 atom stereocenters. The second-order valence-corrected chi connectivity index (χ2v) is 37.0. The first-order valence-electron chi connectivity index (χ1n) is 51.1. The summed E-state index contributed by atoms with van der Waals surface area (Å²) in [5.74, 6) is 4.40. The second kappa shape index (κ2) is 54.9. The van der Waals surface area contributed by atoms with Crippen molar-refractivity contribution in [3.8, 4) is 46.1 Å². The first-order valence-corrected chi connectivity index (χ1v) is 48.8. The zero-order valence-electron chi connectivity index (χ0n) is 85.4. The first-order chi connectivity index (χ1) is 68.2. The molecule has 2 saturated heterocycles. The summed E-state index contributed by atoms with van der Waals surface area (Å²) >= 11 is 0. The van der Waals surface area contributed by atoms with Crippen LogP contribution >= 0.6 is 0 Å². The zero-order chi connectivity index (χ0) is 102. The summed E-state index contributed by atoms with van der Waals surface area (Å²) in [6.45, 7) is 17.1. The number of hydrogen-bond acceptors (Lipinski definition) is 15. The molecule has 8 aromatic carbocycles. The number of benzene rings is 8. The fraction of sp³-hybridized carbons (Fsp3) is 0.447. The van der Waals surface area contributed by atoms with Crippen LogP contribution in [-0.4, -0.2) is 162 Å². The van der Waals surface area contributed by atoms with Crippen molar-refractivity contribution in [3.63, 3.8) is 0 Å². The number of H-pyrrole nitrogens is 1. The number of fused-ring (bicyclic) bond motifs is 3. The second-order valence-electron chi connectivity index (χ2n) is 37.0. The number of amides is 4. The third-order valence-corrected chi connectivity index (χ3v) is 25.1. The predicted molar refractivity (Wildman–Crippen MR) is 536 cm³/mol. The molecule has 138 heavy (non-hydrogen) atoms. The quantitative estimate of drug-likeness (QED) is 0.0175. The number of rotatable bonds is 47. The van der Waals surface area contributed by atoms with Gasteiger partial charge in [-0.25, -0.2) is 0 Å². The van der Waals surface area contributed by atoms with Gasteiger partial charge in [0.15, 0.2) is 0 Å². The molecule has 0 radical (unpaired) electrons. The zero-order valence-corrected chi connectivity index (χ0v) is 81.4. The van der Waals surface area contributed by atoms with Crippen LogP contribution < -0.4 is 24.5 Å². The highest BCUT2D eigenvalue weighted by atomic mass is 16.5. The van der Waals surface area contributed by atoms with Gasteiger partial charge in [-0.3, -0.25) is 43.2 Å². The Balaban J connectivity index is 0.000000195. The molecule has 2 aliphatic heterocycles. The fourth-order valence-electron chi connectivity index (χ4n) is 16.5. The van der Waals surface area contributed by atoms with Gasteiger partial charge in [0.2, 0.25) is 5.56 Å². The smallest absolute Gasteiger partial charge is 0.303 e. The van der Waals surface area contributed by atoms with E-state index >= 15 is 0 Å². The van der Waals surface area contributed by atoms with E-state index in [0.717, 1.165) is 87.7 Å². The van der Waals surface area contributed by atoms with E-state index in [2.05, 4.69) is 35.9 Å². The maximum absolute atomic E-state index is 13.7. The fourth-order valence-corrected chi connectivity index (χ4v) is 16.5. The van der Waals surface area contributed by atoms with Crippen LogP contribution in [0.15, 0.2) is 217 Å². The molecule has 6 unspecified atom stereocenters. The van der Waals surface area contributed by atoms with E-state index in [4.69, 9.17) is 54.3 Å². The van der Waals surface area contributed by atoms with Crippen molar-refractivity contribution < 1.29 is 92.7 Å². The van der Waals surface area contributed by atoms with Crippen molar-refractivity contribution in [1.82, 2.24) is 24.6 Å². The lowest BCUT2D eigenvalue weighted by atomic mass is 9.52. The molecule has 14 rings (SSSR count). The lowest BCUT2D eigenvalue weighted by Crippen LogP contribution is -2.42. The molecule has 0 spiro atoms. The van der Waals surface area contributed by atoms with E-state index in [1.807, 2.05) is 165 Å². The summed E-state index contributed by atoms with van der Waals surface area (Å²) in [7, 11) is 0. The van der Waals surface area contributed by atoms with E-state index < -0.39 is 50.0 Å². The van der Waals surface area contributed by atoms with Gasteiger partial charge in [-0.1, -0.05) is 134 Å². The van der Waals surface area contributed by atoms with Crippen molar-refractivity contribution in [1.29, 1.82) is 0 Å². The van der Waals surface area contributed by atoms with Crippen molar-refractivity contribution >= 4 is 47.5 Å². The van der Waals surface area contributed by atoms with Crippen LogP contribution in [0.5, 0.6) is 23.0 Å². The number of aromatic amines is 1. The average molecular weight is 1890 g/mol. The van der Waals surface area contributed by atoms with Crippen LogP contribution in [-0.2, 0) is 60.2 Å². The van der Waals surface area contributed by atoms with Gasteiger partial charge in [0.1, 0.15) is 29.1 Å². The number of ether oxygens (including phenoxy) is 6. The van der Waals surface area contributed by atoms with Crippen LogP contribution in [0.2, 0.25) is 0 Å². The van der Waals surface area contributed by atoms with Crippen LogP contribution in [0, 0.1) is 17.3 Å². The number of carboxylic acids is 4. The molecule has 9 aromatic rings. The number of unbranched alkanes of at least 4 members (excludes halogenated alkanes) is 8. The van der Waals surface area contributed by atoms with Gasteiger partial charge < -0.3 is 73.4 Å². The SMILES string of the molecule is [2H]C(c1ccccc1OCCCCCC(=O)O)N(C(=O)c1ccc(-c2cccc(=O)[nH]2)cc1)C(C)C.[2H]C(c1ccccc1OCCCCCC(=O)O)N(C(=O)c1ccc(C#CC2CCO2)cc1)C(C)C.[2H]C(c1ccccc1OCCCCCC(=O)O)N(C(=O)c1ccc(C23CCC(C)(CC2)CC3)cc1)C(C)C.[2H]C(c1ccccc1OCCCCCC(=O)O)N(C(=O)c1ccc(C2CCO2)cc1)C(C)C. The Morgan fingerprint density at radius 2 is 0.703 bits per heavy atom. The molecule has 5 N–H and O–H groups in total. The lowest BCUT2D eigenvalue weighted by molar-refractivity contribution is -0.138. The minimum atomic E-state index is -0.981. The van der Waals surface area contributed by atoms with Gasteiger partial charge in [-0.05, 0) is 289 Å². The third-order valence-electron chi connectivity index (χ3n) is 25.1. The summed E-state index contributed by atoms with van der Waals surface area (Å²) in [6.07, 6.45) is 18.6. The highest BCUT2D eigenvalue weighted by Gasteiger charge is 2.47. The van der Waals surface area contributed by atoms with Crippen LogP contribution in [0.3, 0.4) is 0 Å². The molecular formula is C114H141N5O19. The normalized spacial score (nSPS) is 17.3. The monoisotopic (exact) mass is 1890 g/mol. The average Bonchev–Trinajstić information content (AvgIpc) is 0.748. The number of para-hydroxylation sites is 4. The van der Waals surface area contributed by atoms with E-state index in [1.54, 1.807) is 94.7 Å². The van der Waals surface area contributed by atoms with E-state index in [0.29, 0.717) is 137 Å². The van der Waals surface area contributed by atoms with Crippen molar-refractivity contribution in [3.05, 3.63) is 284 Å². The minimum absolute atomic E-state index is 0.00356. The van der Waals surface area contributed by atoms with Gasteiger partial charge in [-0.2, -0.15) is 0 Å². The van der Waals surface area contributed by atoms with E-state index in [1.165, 1.54) is 60.0 Å². The number of carbonyl (C=O) groups is 8. The standard InChI is InChI=1S/C32H43NO4.C28H32N2O5.C28H33NO5.C26H33NO5/c1-24(2)33(23-26-9-6-7-10-28(26)37-22-8-4-5-11-29(34)35)30(36)25-12-14-27(15-13-25)32-19-16-31(3,17-20-32)18-21-32;1-20(2)30(19-23-9-5-6-11-25(23)35-18-7-3-4-13-27(32)33)28(34)22-16-14-21(15-17-22)24-10-8-12-26(31)29-24;1-21(2)29(28(32)23-14-11-22(12-15-23)13-16-25-17-19-33-25)20-24-8-5-6-9-26(24)34-18-7-3-4-10-27(30)31;1-19(2)27(26(30)21-13-11-20(12-14-21)24-15-17-32-24)18-22-8-5-6-9-23(22)31-16-7-3-4-10-25(28)29/h6-7,9-10,12-15,24H,4-5,8,11,16-23H2,1-3H3,(H,34,35);5-6,8-12,14-17,20H,3-4,7,13,18-19H2,1-2H3,(H,29,31)(H,32,33);5-6,8-9,11-12,14-15,21,25H,3-4,7,10,17-20H2,1-2H3,(H,30,31);5-6,8-9,11-14,19,24H,3-4,7,10,15-18H2,1-2H3,(H,28,29)/i23D;19D;20D;18D. The largest absolute Gasteiger partial charge is 0.493 e. The molecule has 24 heteroatoms. The van der Waals surface area contributed by atoms with Crippen molar-refractivity contribution in [2.24, 2.45) is 5.41 Å². The third kappa shape index (κ3) is 33.8. The number of aromatic nitrogens is 1. The number of nitrogens with zero attached hydrogens (tertiary/aromatic N) is 4. The highest BCUT2D eigenvalue weighted by molar-refractivity contribution is 5.97. The molecule has 5 aliphatic rings. The van der Waals surface area contributed by atoms with Gasteiger partial charge in [0.25, 0.3) is 23.6 Å². The molecule has 3 saturated carbocycles. The number of pyridine rings is 1. The number of carboxylic acid groups (broad SMARTS) is 4. The van der Waals surface area contributed by atoms with E-state index in [-0.39, 0.29) is 96.7 Å². The summed E-state index contributed by atoms with van der Waals surface area (Å²) in [4.78, 5) is 117.